The van der Waals surface area contributed by atoms with Gasteiger partial charge in [-0.25, -0.2) is 0 Å². The largest absolute Gasteiger partial charge is 0.497 e. The summed E-state index contributed by atoms with van der Waals surface area (Å²) in [5, 5.41) is 5.15. The third-order valence-electron chi connectivity index (χ3n) is 5.63. The zero-order valence-electron chi connectivity index (χ0n) is 17.7. The van der Waals surface area contributed by atoms with Gasteiger partial charge < -0.3 is 24.8 Å². The summed E-state index contributed by atoms with van der Waals surface area (Å²) in [5.74, 6) is 0.781. The number of fused-ring (bicyclic) bond motifs is 1. The lowest BCUT2D eigenvalue weighted by molar-refractivity contribution is -0.858. The van der Waals surface area contributed by atoms with E-state index in [-0.39, 0.29) is 5.56 Å². The van der Waals surface area contributed by atoms with E-state index in [0.29, 0.717) is 12.6 Å². The molecule has 2 aromatic rings. The van der Waals surface area contributed by atoms with Gasteiger partial charge >= 0.3 is 0 Å². The number of aromatic amines is 1. The number of pyridine rings is 1. The first-order chi connectivity index (χ1) is 14.0. The molecule has 1 saturated carbocycles. The van der Waals surface area contributed by atoms with Crippen LogP contribution in [0.25, 0.3) is 10.9 Å². The van der Waals surface area contributed by atoms with E-state index in [9.17, 15) is 4.79 Å². The maximum atomic E-state index is 12.7. The van der Waals surface area contributed by atoms with Gasteiger partial charge in [0.05, 0.1) is 34.3 Å². The molecule has 0 spiro atoms. The molecule has 0 saturated heterocycles. The average molecular weight is 418 g/mol. The lowest BCUT2D eigenvalue weighted by Gasteiger charge is -2.31. The standard InChI is InChI=1S/C22H32N4O2S/c1-25(2)12-6-11-23-22(29)26(18-7-4-5-8-18)15-17-13-16-14-19(28-3)9-10-20(16)24-21(17)27/h9-10,13-14,18H,4-8,11-12,15H2,1-3H3,(H,23,29)(H,24,27)/p+1. The van der Waals surface area contributed by atoms with Gasteiger partial charge in [-0.05, 0) is 49.3 Å². The molecule has 0 amide bonds. The molecule has 1 aromatic carbocycles. The van der Waals surface area contributed by atoms with Crippen LogP contribution in [0.1, 0.15) is 37.7 Å². The summed E-state index contributed by atoms with van der Waals surface area (Å²) in [4.78, 5) is 19.4. The molecule has 1 aromatic heterocycles. The maximum absolute atomic E-state index is 12.7. The average Bonchev–Trinajstić information content (AvgIpc) is 3.23. The summed E-state index contributed by atoms with van der Waals surface area (Å²) < 4.78 is 5.33. The molecule has 1 aliphatic carbocycles. The topological polar surface area (TPSA) is 61.8 Å². The first kappa shape index (κ1) is 21.6. The molecule has 3 rings (SSSR count). The van der Waals surface area contributed by atoms with E-state index in [2.05, 4.69) is 29.3 Å². The van der Waals surface area contributed by atoms with Crippen molar-refractivity contribution in [1.29, 1.82) is 0 Å². The molecule has 1 fully saturated rings. The number of ether oxygens (including phenoxy) is 1. The van der Waals surface area contributed by atoms with Crippen molar-refractivity contribution in [3.8, 4) is 5.75 Å². The highest BCUT2D eigenvalue weighted by Crippen LogP contribution is 2.25. The molecule has 6 nitrogen and oxygen atoms in total. The van der Waals surface area contributed by atoms with Crippen LogP contribution in [0, 0.1) is 0 Å². The number of hydrogen-bond acceptors (Lipinski definition) is 3. The van der Waals surface area contributed by atoms with E-state index in [1.54, 1.807) is 7.11 Å². The van der Waals surface area contributed by atoms with Crippen LogP contribution in [-0.4, -0.2) is 55.3 Å². The van der Waals surface area contributed by atoms with Gasteiger partial charge in [0.15, 0.2) is 5.11 Å². The number of hydrogen-bond donors (Lipinski definition) is 3. The Morgan fingerprint density at radius 2 is 2.07 bits per heavy atom. The fraction of sp³-hybridized carbons (Fsp3) is 0.545. The van der Waals surface area contributed by atoms with Crippen LogP contribution in [-0.2, 0) is 6.54 Å². The molecule has 7 heteroatoms. The number of thiocarbonyl (C=S) groups is 1. The molecule has 0 radical (unpaired) electrons. The third-order valence-corrected chi connectivity index (χ3v) is 6.00. The van der Waals surface area contributed by atoms with Crippen molar-refractivity contribution in [3.05, 3.63) is 40.2 Å². The first-order valence-electron chi connectivity index (χ1n) is 10.5. The molecule has 29 heavy (non-hydrogen) atoms. The SMILES string of the molecule is COc1ccc2[nH]c(=O)c(CN(C(=S)NCCC[NH+](C)C)C3CCCC3)cc2c1. The van der Waals surface area contributed by atoms with Gasteiger partial charge in [-0.15, -0.1) is 0 Å². The zero-order valence-corrected chi connectivity index (χ0v) is 18.5. The predicted molar refractivity (Wildman–Crippen MR) is 122 cm³/mol. The number of quaternary nitrogens is 1. The lowest BCUT2D eigenvalue weighted by Crippen LogP contribution is -3.05. The lowest BCUT2D eigenvalue weighted by atomic mass is 10.1. The van der Waals surface area contributed by atoms with Crippen LogP contribution in [0.2, 0.25) is 0 Å². The normalized spacial score (nSPS) is 14.5. The van der Waals surface area contributed by atoms with Crippen LogP contribution in [0.5, 0.6) is 5.75 Å². The van der Waals surface area contributed by atoms with Crippen molar-refractivity contribution in [3.63, 3.8) is 0 Å². The van der Waals surface area contributed by atoms with Gasteiger partial charge in [-0.2, -0.15) is 0 Å². The smallest absolute Gasteiger partial charge is 0.253 e. The van der Waals surface area contributed by atoms with Crippen LogP contribution in [0.4, 0.5) is 0 Å². The number of methoxy groups -OCH3 is 1. The summed E-state index contributed by atoms with van der Waals surface area (Å²) in [7, 11) is 5.96. The summed E-state index contributed by atoms with van der Waals surface area (Å²) in [6, 6.07) is 8.06. The molecule has 0 unspecified atom stereocenters. The van der Waals surface area contributed by atoms with Gasteiger partial charge in [0.25, 0.3) is 5.56 Å². The van der Waals surface area contributed by atoms with Gasteiger partial charge in [-0.1, -0.05) is 12.8 Å². The van der Waals surface area contributed by atoms with E-state index in [4.69, 9.17) is 17.0 Å². The molecule has 0 atom stereocenters. The van der Waals surface area contributed by atoms with Gasteiger partial charge in [0, 0.05) is 35.5 Å². The Balaban J connectivity index is 1.78. The number of nitrogens with zero attached hydrogens (tertiary/aromatic N) is 1. The first-order valence-corrected chi connectivity index (χ1v) is 10.9. The highest BCUT2D eigenvalue weighted by atomic mass is 32.1. The molecule has 1 aliphatic rings. The number of nitrogens with one attached hydrogen (secondary N) is 3. The second-order valence-corrected chi connectivity index (χ2v) is 8.57. The van der Waals surface area contributed by atoms with E-state index in [0.717, 1.165) is 59.7 Å². The number of benzene rings is 1. The van der Waals surface area contributed by atoms with Crippen LogP contribution >= 0.6 is 12.2 Å². The van der Waals surface area contributed by atoms with Crippen LogP contribution in [0.15, 0.2) is 29.1 Å². The minimum atomic E-state index is -0.0512. The summed E-state index contributed by atoms with van der Waals surface area (Å²) in [5.41, 5.74) is 1.50. The van der Waals surface area contributed by atoms with Gasteiger partial charge in [-0.3, -0.25) is 4.79 Å². The third kappa shape index (κ3) is 5.70. The Bertz CT molecular complexity index is 890. The minimum absolute atomic E-state index is 0.0512. The van der Waals surface area contributed by atoms with Crippen molar-refractivity contribution in [1.82, 2.24) is 15.2 Å². The second-order valence-electron chi connectivity index (χ2n) is 8.19. The summed E-state index contributed by atoms with van der Waals surface area (Å²) in [6.07, 6.45) is 5.77. The van der Waals surface area contributed by atoms with Crippen molar-refractivity contribution in [2.75, 3.05) is 34.3 Å². The van der Waals surface area contributed by atoms with Crippen molar-refractivity contribution in [2.45, 2.75) is 44.7 Å². The molecule has 0 aliphatic heterocycles. The van der Waals surface area contributed by atoms with Crippen molar-refractivity contribution in [2.24, 2.45) is 0 Å². The van der Waals surface area contributed by atoms with E-state index in [1.807, 2.05) is 24.3 Å². The van der Waals surface area contributed by atoms with E-state index < -0.39 is 0 Å². The Morgan fingerprint density at radius 3 is 2.76 bits per heavy atom. The van der Waals surface area contributed by atoms with Crippen molar-refractivity contribution < 1.29 is 9.64 Å². The number of rotatable bonds is 8. The van der Waals surface area contributed by atoms with Gasteiger partial charge in [0.2, 0.25) is 0 Å². The molecular formula is C22H33N4O2S+. The van der Waals surface area contributed by atoms with E-state index in [1.165, 1.54) is 17.7 Å². The molecule has 3 N–H and O–H groups in total. The fourth-order valence-electron chi connectivity index (χ4n) is 3.98. The fourth-order valence-corrected chi connectivity index (χ4v) is 4.30. The zero-order chi connectivity index (χ0) is 20.8. The quantitative estimate of drug-likeness (QED) is 0.451. The Labute approximate surface area is 178 Å². The Kier molecular flexibility index (Phi) is 7.50. The minimum Gasteiger partial charge on any atom is -0.497 e. The monoisotopic (exact) mass is 417 g/mol. The van der Waals surface area contributed by atoms with Crippen molar-refractivity contribution >= 4 is 28.2 Å². The highest BCUT2D eigenvalue weighted by molar-refractivity contribution is 7.80. The Hall–Kier alpha value is -2.12. The summed E-state index contributed by atoms with van der Waals surface area (Å²) >= 11 is 5.74. The number of aromatic nitrogens is 1. The molecular weight excluding hydrogens is 384 g/mol. The predicted octanol–water partition coefficient (Wildman–Crippen LogP) is 1.69. The maximum Gasteiger partial charge on any atom is 0.253 e. The molecule has 1 heterocycles. The van der Waals surface area contributed by atoms with Gasteiger partial charge in [0.1, 0.15) is 5.75 Å². The summed E-state index contributed by atoms with van der Waals surface area (Å²) in [6.45, 7) is 2.49. The van der Waals surface area contributed by atoms with E-state index >= 15 is 0 Å². The number of H-pyrrole nitrogens is 1. The highest BCUT2D eigenvalue weighted by Gasteiger charge is 2.25. The van der Waals surface area contributed by atoms with Crippen LogP contribution < -0.4 is 20.5 Å². The van der Waals surface area contributed by atoms with Crippen LogP contribution in [0.3, 0.4) is 0 Å². The Morgan fingerprint density at radius 1 is 1.31 bits per heavy atom. The molecule has 158 valence electrons. The molecule has 0 bridgehead atoms. The second kappa shape index (κ2) is 10.1.